The molecule has 1 aliphatic carbocycles. The Bertz CT molecular complexity index is 485. The minimum atomic E-state index is -0.289. The van der Waals surface area contributed by atoms with E-state index in [1.165, 1.54) is 19.3 Å². The lowest BCUT2D eigenvalue weighted by atomic mass is 9.85. The zero-order valence-electron chi connectivity index (χ0n) is 11.9. The van der Waals surface area contributed by atoms with Gasteiger partial charge in [-0.2, -0.15) is 0 Å². The van der Waals surface area contributed by atoms with Gasteiger partial charge in [0.2, 0.25) is 0 Å². The number of hydrogen-bond acceptors (Lipinski definition) is 3. The number of anilines is 1. The number of nitro benzene ring substituents is 1. The Kier molecular flexibility index (Phi) is 4.08. The summed E-state index contributed by atoms with van der Waals surface area (Å²) in [5.41, 5.74) is 2.93. The molecule has 1 saturated carbocycles. The summed E-state index contributed by atoms with van der Waals surface area (Å²) in [5, 5.41) is 14.6. The fourth-order valence-electron chi connectivity index (χ4n) is 2.80. The number of nitrogens with zero attached hydrogens (tertiary/aromatic N) is 1. The van der Waals surface area contributed by atoms with Crippen LogP contribution in [0.3, 0.4) is 0 Å². The molecule has 1 aromatic carbocycles. The first kappa shape index (κ1) is 13.8. The average molecular weight is 262 g/mol. The molecule has 1 N–H and O–H groups in total. The van der Waals surface area contributed by atoms with Crippen LogP contribution in [0, 0.1) is 29.9 Å². The second-order valence-electron chi connectivity index (χ2n) is 5.72. The Morgan fingerprint density at radius 1 is 1.21 bits per heavy atom. The SMILES string of the molecule is Cc1cc(NC2CCCCC2C)c([N+](=O)[O-])cc1C. The summed E-state index contributed by atoms with van der Waals surface area (Å²) >= 11 is 0. The zero-order chi connectivity index (χ0) is 14.0. The maximum Gasteiger partial charge on any atom is 0.292 e. The summed E-state index contributed by atoms with van der Waals surface area (Å²) < 4.78 is 0. The summed E-state index contributed by atoms with van der Waals surface area (Å²) in [6.45, 7) is 6.13. The molecule has 104 valence electrons. The molecule has 0 spiro atoms. The van der Waals surface area contributed by atoms with Crippen LogP contribution in [0.15, 0.2) is 12.1 Å². The van der Waals surface area contributed by atoms with E-state index >= 15 is 0 Å². The van der Waals surface area contributed by atoms with Crippen molar-refractivity contribution in [2.45, 2.75) is 52.5 Å². The van der Waals surface area contributed by atoms with Crippen LogP contribution < -0.4 is 5.32 Å². The van der Waals surface area contributed by atoms with Gasteiger partial charge in [0, 0.05) is 12.1 Å². The third kappa shape index (κ3) is 3.06. The van der Waals surface area contributed by atoms with Crippen LogP contribution in [0.25, 0.3) is 0 Å². The average Bonchev–Trinajstić information content (AvgIpc) is 2.36. The van der Waals surface area contributed by atoms with Crippen molar-refractivity contribution in [2.24, 2.45) is 5.92 Å². The molecule has 0 aromatic heterocycles. The van der Waals surface area contributed by atoms with Gasteiger partial charge in [0.25, 0.3) is 5.69 Å². The largest absolute Gasteiger partial charge is 0.376 e. The first-order valence-corrected chi connectivity index (χ1v) is 7.01. The summed E-state index contributed by atoms with van der Waals surface area (Å²) in [5.74, 6) is 0.579. The second-order valence-corrected chi connectivity index (χ2v) is 5.72. The van der Waals surface area contributed by atoms with E-state index in [1.54, 1.807) is 6.07 Å². The van der Waals surface area contributed by atoms with Gasteiger partial charge in [0.15, 0.2) is 0 Å². The van der Waals surface area contributed by atoms with Crippen LogP contribution in [0.5, 0.6) is 0 Å². The number of nitro groups is 1. The molecule has 0 radical (unpaired) electrons. The predicted molar refractivity (Wildman–Crippen MR) is 77.6 cm³/mol. The maximum absolute atomic E-state index is 11.2. The Hall–Kier alpha value is -1.58. The standard InChI is InChI=1S/C15H22N2O2/c1-10-6-4-5-7-13(10)16-14-8-11(2)12(3)9-15(14)17(18)19/h8-10,13,16H,4-7H2,1-3H3. The molecule has 2 atom stereocenters. The van der Waals surface area contributed by atoms with Crippen molar-refractivity contribution in [2.75, 3.05) is 5.32 Å². The molecular weight excluding hydrogens is 240 g/mol. The third-order valence-electron chi connectivity index (χ3n) is 4.26. The summed E-state index contributed by atoms with van der Waals surface area (Å²) in [4.78, 5) is 10.9. The van der Waals surface area contributed by atoms with Crippen LogP contribution in [-0.2, 0) is 0 Å². The van der Waals surface area contributed by atoms with Gasteiger partial charge < -0.3 is 5.32 Å². The lowest BCUT2D eigenvalue weighted by Crippen LogP contribution is -2.30. The fraction of sp³-hybridized carbons (Fsp3) is 0.600. The van der Waals surface area contributed by atoms with E-state index in [9.17, 15) is 10.1 Å². The summed E-state index contributed by atoms with van der Waals surface area (Å²) in [7, 11) is 0. The highest BCUT2D eigenvalue weighted by Gasteiger charge is 2.24. The molecule has 19 heavy (non-hydrogen) atoms. The van der Waals surface area contributed by atoms with E-state index in [0.29, 0.717) is 17.6 Å². The molecule has 1 aromatic rings. The lowest BCUT2D eigenvalue weighted by Gasteiger charge is -2.30. The predicted octanol–water partition coefficient (Wildman–Crippen LogP) is 4.20. The minimum absolute atomic E-state index is 0.195. The molecule has 0 aliphatic heterocycles. The Balaban J connectivity index is 2.27. The molecule has 1 fully saturated rings. The molecule has 0 saturated heterocycles. The Labute approximate surface area is 114 Å². The van der Waals surface area contributed by atoms with Gasteiger partial charge in [0.05, 0.1) is 4.92 Å². The van der Waals surface area contributed by atoms with E-state index < -0.39 is 0 Å². The minimum Gasteiger partial charge on any atom is -0.376 e. The van der Waals surface area contributed by atoms with Gasteiger partial charge in [-0.1, -0.05) is 19.8 Å². The van der Waals surface area contributed by atoms with E-state index in [2.05, 4.69) is 12.2 Å². The van der Waals surface area contributed by atoms with Crippen molar-refractivity contribution in [3.05, 3.63) is 33.4 Å². The lowest BCUT2D eigenvalue weighted by molar-refractivity contribution is -0.384. The molecular formula is C15H22N2O2. The second kappa shape index (κ2) is 5.59. The summed E-state index contributed by atoms with van der Waals surface area (Å²) in [6, 6.07) is 3.94. The van der Waals surface area contributed by atoms with Crippen LogP contribution >= 0.6 is 0 Å². The first-order valence-electron chi connectivity index (χ1n) is 7.01. The van der Waals surface area contributed by atoms with Crippen molar-refractivity contribution in [1.82, 2.24) is 0 Å². The number of hydrogen-bond donors (Lipinski definition) is 1. The quantitative estimate of drug-likeness (QED) is 0.656. The van der Waals surface area contributed by atoms with Crippen molar-refractivity contribution in [3.8, 4) is 0 Å². The number of nitrogens with one attached hydrogen (secondary N) is 1. The van der Waals surface area contributed by atoms with Crippen LogP contribution in [-0.4, -0.2) is 11.0 Å². The normalized spacial score (nSPS) is 23.1. The highest BCUT2D eigenvalue weighted by Crippen LogP contribution is 2.32. The molecule has 0 amide bonds. The molecule has 4 nitrogen and oxygen atoms in total. The maximum atomic E-state index is 11.2. The molecule has 2 rings (SSSR count). The molecule has 1 aliphatic rings. The molecule has 0 heterocycles. The highest BCUT2D eigenvalue weighted by atomic mass is 16.6. The topological polar surface area (TPSA) is 55.2 Å². The third-order valence-corrected chi connectivity index (χ3v) is 4.26. The van der Waals surface area contributed by atoms with Crippen molar-refractivity contribution in [1.29, 1.82) is 0 Å². The number of aryl methyl sites for hydroxylation is 2. The van der Waals surface area contributed by atoms with Crippen LogP contribution in [0.1, 0.15) is 43.7 Å². The number of rotatable bonds is 3. The van der Waals surface area contributed by atoms with Crippen molar-refractivity contribution >= 4 is 11.4 Å². The highest BCUT2D eigenvalue weighted by molar-refractivity contribution is 5.65. The van der Waals surface area contributed by atoms with Gasteiger partial charge in [-0.15, -0.1) is 0 Å². The van der Waals surface area contributed by atoms with Gasteiger partial charge >= 0.3 is 0 Å². The Morgan fingerprint density at radius 2 is 1.84 bits per heavy atom. The monoisotopic (exact) mass is 262 g/mol. The van der Waals surface area contributed by atoms with Gasteiger partial charge in [-0.3, -0.25) is 10.1 Å². The van der Waals surface area contributed by atoms with E-state index in [4.69, 9.17) is 0 Å². The van der Waals surface area contributed by atoms with Crippen LogP contribution in [0.2, 0.25) is 0 Å². The van der Waals surface area contributed by atoms with Gasteiger partial charge in [0.1, 0.15) is 5.69 Å². The molecule has 0 bridgehead atoms. The number of benzene rings is 1. The van der Waals surface area contributed by atoms with E-state index in [-0.39, 0.29) is 10.6 Å². The first-order chi connectivity index (χ1) is 8.99. The van der Waals surface area contributed by atoms with E-state index in [0.717, 1.165) is 17.5 Å². The molecule has 2 unspecified atom stereocenters. The fourth-order valence-corrected chi connectivity index (χ4v) is 2.80. The van der Waals surface area contributed by atoms with Crippen LogP contribution in [0.4, 0.5) is 11.4 Å². The molecule has 4 heteroatoms. The summed E-state index contributed by atoms with van der Waals surface area (Å²) in [6.07, 6.45) is 4.79. The van der Waals surface area contributed by atoms with Crippen molar-refractivity contribution in [3.63, 3.8) is 0 Å². The van der Waals surface area contributed by atoms with Gasteiger partial charge in [-0.25, -0.2) is 0 Å². The van der Waals surface area contributed by atoms with E-state index in [1.807, 2.05) is 19.9 Å². The van der Waals surface area contributed by atoms with Gasteiger partial charge in [-0.05, 0) is 49.8 Å². The van der Waals surface area contributed by atoms with Crippen molar-refractivity contribution < 1.29 is 4.92 Å². The Morgan fingerprint density at radius 3 is 2.47 bits per heavy atom. The zero-order valence-corrected chi connectivity index (χ0v) is 11.9. The smallest absolute Gasteiger partial charge is 0.292 e.